The molecule has 1 aromatic rings. The molecule has 0 aromatic heterocycles. The first kappa shape index (κ1) is 15.2. The molecule has 0 bridgehead atoms. The molecule has 0 fully saturated rings. The van der Waals surface area contributed by atoms with E-state index in [2.05, 4.69) is 18.2 Å². The molecule has 0 saturated carbocycles. The van der Waals surface area contributed by atoms with Crippen LogP contribution in [0.3, 0.4) is 0 Å². The van der Waals surface area contributed by atoms with Crippen LogP contribution in [0.1, 0.15) is 11.1 Å². The summed E-state index contributed by atoms with van der Waals surface area (Å²) in [5, 5.41) is 8.61. The average molecular weight is 287 g/mol. The van der Waals surface area contributed by atoms with Crippen LogP contribution in [0.15, 0.2) is 66.8 Å². The number of nitrogens with zero attached hydrogens (tertiary/aromatic N) is 1. The largest absolute Gasteiger partial charge is 0.192 e. The quantitative estimate of drug-likeness (QED) is 0.715. The number of allylic oxidation sites excluding steroid dienone is 8. The topological polar surface area (TPSA) is 23.8 Å². The second kappa shape index (κ2) is 8.32. The minimum absolute atomic E-state index is 0. The summed E-state index contributed by atoms with van der Waals surface area (Å²) in [6.45, 7) is 0. The first-order valence-electron chi connectivity index (χ1n) is 5.79. The van der Waals surface area contributed by atoms with Crippen LogP contribution in [0.5, 0.6) is 0 Å². The minimum atomic E-state index is 0. The van der Waals surface area contributed by atoms with Crippen molar-refractivity contribution >= 4 is 5.57 Å². The van der Waals surface area contributed by atoms with Gasteiger partial charge >= 0.3 is 0 Å². The Morgan fingerprint density at radius 1 is 0.789 bits per heavy atom. The van der Waals surface area contributed by atoms with Crippen LogP contribution in [-0.2, 0) is 17.1 Å². The Balaban J connectivity index is 0.000000256. The number of rotatable bonds is 1. The molecule has 0 aliphatic heterocycles. The van der Waals surface area contributed by atoms with Crippen LogP contribution in [0, 0.1) is 24.2 Å². The Morgan fingerprint density at radius 2 is 1.47 bits per heavy atom. The van der Waals surface area contributed by atoms with Crippen molar-refractivity contribution < 1.29 is 17.1 Å². The molecule has 2 heteroatoms. The number of hydrogen-bond donors (Lipinski definition) is 0. The molecule has 0 spiro atoms. The van der Waals surface area contributed by atoms with Gasteiger partial charge in [-0.3, -0.25) is 0 Å². The van der Waals surface area contributed by atoms with Crippen molar-refractivity contribution in [2.24, 2.45) is 0 Å². The summed E-state index contributed by atoms with van der Waals surface area (Å²) in [6, 6.07) is 9.70. The van der Waals surface area contributed by atoms with Crippen LogP contribution >= 0.6 is 0 Å². The summed E-state index contributed by atoms with van der Waals surface area (Å²) < 4.78 is 0. The van der Waals surface area contributed by atoms with E-state index < -0.39 is 0 Å². The number of nitriles is 1. The zero-order chi connectivity index (χ0) is 12.6. The molecule has 2 aliphatic carbocycles. The molecule has 2 radical (unpaired) electrons. The summed E-state index contributed by atoms with van der Waals surface area (Å²) in [5.74, 6) is 0. The first-order valence-corrected chi connectivity index (χ1v) is 5.79. The second-order valence-corrected chi connectivity index (χ2v) is 3.82. The average Bonchev–Trinajstić information content (AvgIpc) is 3.14. The van der Waals surface area contributed by atoms with Crippen molar-refractivity contribution in [1.82, 2.24) is 0 Å². The van der Waals surface area contributed by atoms with Gasteiger partial charge in [0.1, 0.15) is 0 Å². The summed E-state index contributed by atoms with van der Waals surface area (Å²) in [6.07, 6.45) is 18.1. The van der Waals surface area contributed by atoms with Crippen molar-refractivity contribution in [1.29, 1.82) is 5.26 Å². The Labute approximate surface area is 125 Å². The van der Waals surface area contributed by atoms with Crippen molar-refractivity contribution in [3.63, 3.8) is 0 Å². The van der Waals surface area contributed by atoms with Crippen molar-refractivity contribution in [2.75, 3.05) is 0 Å². The van der Waals surface area contributed by atoms with E-state index in [9.17, 15) is 0 Å². The van der Waals surface area contributed by atoms with E-state index in [1.54, 1.807) is 0 Å². The molecule has 19 heavy (non-hydrogen) atoms. The molecule has 0 unspecified atom stereocenters. The van der Waals surface area contributed by atoms with Gasteiger partial charge in [-0.05, 0) is 23.3 Å². The van der Waals surface area contributed by atoms with Crippen molar-refractivity contribution in [3.05, 3.63) is 90.8 Å². The third-order valence-electron chi connectivity index (χ3n) is 2.57. The minimum Gasteiger partial charge on any atom is -0.192 e. The Kier molecular flexibility index (Phi) is 6.68. The van der Waals surface area contributed by atoms with Gasteiger partial charge < -0.3 is 0 Å². The zero-order valence-corrected chi connectivity index (χ0v) is 11.4. The molecule has 0 N–H and O–H groups in total. The smallest absolute Gasteiger partial charge is 0.0991 e. The fourth-order valence-corrected chi connectivity index (χ4v) is 1.62. The molecule has 0 atom stereocenters. The Hall–Kier alpha value is -1.81. The van der Waals surface area contributed by atoms with Gasteiger partial charge in [0.25, 0.3) is 0 Å². The molecular formula is C17H13FeN. The van der Waals surface area contributed by atoms with Crippen molar-refractivity contribution in [2.45, 2.75) is 0 Å². The molecule has 1 nitrogen and oxygen atoms in total. The Morgan fingerprint density at radius 3 is 1.89 bits per heavy atom. The Bertz CT molecular complexity index is 544. The van der Waals surface area contributed by atoms with Crippen LogP contribution in [0.2, 0.25) is 0 Å². The van der Waals surface area contributed by atoms with Gasteiger partial charge in [0.2, 0.25) is 0 Å². The fourth-order valence-electron chi connectivity index (χ4n) is 1.62. The second-order valence-electron chi connectivity index (χ2n) is 3.82. The monoisotopic (exact) mass is 287 g/mol. The predicted molar refractivity (Wildman–Crippen MR) is 75.2 cm³/mol. The van der Waals surface area contributed by atoms with E-state index in [4.69, 9.17) is 5.26 Å². The van der Waals surface area contributed by atoms with Gasteiger partial charge in [-0.2, -0.15) is 5.26 Å². The molecule has 94 valence electrons. The number of hydrogen-bond acceptors (Lipinski definition) is 1. The third kappa shape index (κ3) is 4.75. The molecule has 3 rings (SSSR count). The van der Waals surface area contributed by atoms with E-state index in [0.29, 0.717) is 5.56 Å². The summed E-state index contributed by atoms with van der Waals surface area (Å²) >= 11 is 0. The van der Waals surface area contributed by atoms with Gasteiger partial charge in [0, 0.05) is 29.9 Å². The standard InChI is InChI=1S/C12H8N.C5H5.Fe/c13-9-10-5-7-12(8-6-10)11-3-1-2-4-11;1-2-4-5-3-1;/h1-8H;1-5H;. The van der Waals surface area contributed by atoms with E-state index in [-0.39, 0.29) is 17.1 Å². The van der Waals surface area contributed by atoms with Gasteiger partial charge in [0.15, 0.2) is 0 Å². The molecule has 0 amide bonds. The molecule has 2 aliphatic rings. The van der Waals surface area contributed by atoms with E-state index in [0.717, 1.165) is 5.56 Å². The maximum absolute atomic E-state index is 8.61. The zero-order valence-electron chi connectivity index (χ0n) is 10.3. The molecule has 1 aromatic carbocycles. The van der Waals surface area contributed by atoms with Gasteiger partial charge in [0.05, 0.1) is 11.6 Å². The van der Waals surface area contributed by atoms with Crippen LogP contribution in [-0.4, -0.2) is 0 Å². The molecule has 0 saturated heterocycles. The first-order chi connectivity index (χ1) is 8.90. The van der Waals surface area contributed by atoms with Gasteiger partial charge in [-0.1, -0.05) is 54.7 Å². The van der Waals surface area contributed by atoms with E-state index >= 15 is 0 Å². The molecule has 0 heterocycles. The van der Waals surface area contributed by atoms with E-state index in [1.807, 2.05) is 67.5 Å². The van der Waals surface area contributed by atoms with Gasteiger partial charge in [-0.15, -0.1) is 0 Å². The fraction of sp³-hybridized carbons (Fsp3) is 0. The molecular weight excluding hydrogens is 274 g/mol. The van der Waals surface area contributed by atoms with Crippen LogP contribution < -0.4 is 0 Å². The van der Waals surface area contributed by atoms with Crippen molar-refractivity contribution in [3.8, 4) is 6.07 Å². The maximum Gasteiger partial charge on any atom is 0.0991 e. The normalized spacial score (nSPS) is 14.2. The maximum atomic E-state index is 8.61. The SMILES string of the molecule is N#Cc1ccc(C2=C[CH]C=C2)cc1.[CH]1C=CC=C1.[Fe]. The summed E-state index contributed by atoms with van der Waals surface area (Å²) in [7, 11) is 0. The summed E-state index contributed by atoms with van der Waals surface area (Å²) in [5.41, 5.74) is 3.06. The predicted octanol–water partition coefficient (Wildman–Crippen LogP) is 4.03. The van der Waals surface area contributed by atoms with E-state index in [1.165, 1.54) is 5.57 Å². The number of benzene rings is 1. The van der Waals surface area contributed by atoms with Crippen LogP contribution in [0.25, 0.3) is 5.57 Å². The summed E-state index contributed by atoms with van der Waals surface area (Å²) in [4.78, 5) is 0. The van der Waals surface area contributed by atoms with Gasteiger partial charge in [-0.25, -0.2) is 0 Å². The van der Waals surface area contributed by atoms with Crippen LogP contribution in [0.4, 0.5) is 0 Å². The third-order valence-corrected chi connectivity index (χ3v) is 2.57.